The van der Waals surface area contributed by atoms with Crippen LogP contribution in [0.2, 0.25) is 0 Å². The maximum Gasteiger partial charge on any atom is 0.222 e. The number of carbonyl (C=O) groups is 1. The Kier molecular flexibility index (Phi) is 6.27. The topological polar surface area (TPSA) is 49.6 Å². The predicted octanol–water partition coefficient (Wildman–Crippen LogP) is 1.55. The lowest BCUT2D eigenvalue weighted by Gasteiger charge is -2.31. The summed E-state index contributed by atoms with van der Waals surface area (Å²) in [6, 6.07) is 0. The lowest BCUT2D eigenvalue weighted by atomic mass is 9.89. The van der Waals surface area contributed by atoms with E-state index in [0.29, 0.717) is 13.0 Å². The minimum Gasteiger partial charge on any atom is -0.346 e. The Hall–Kier alpha value is -0.610. The van der Waals surface area contributed by atoms with Gasteiger partial charge in [0, 0.05) is 26.6 Å². The third-order valence-corrected chi connectivity index (χ3v) is 4.20. The van der Waals surface area contributed by atoms with Gasteiger partial charge in [-0.05, 0) is 50.7 Å². The molecule has 0 aromatic carbocycles. The molecule has 1 rings (SSSR count). The van der Waals surface area contributed by atoms with Crippen LogP contribution in [0.15, 0.2) is 0 Å². The smallest absolute Gasteiger partial charge is 0.222 e. The summed E-state index contributed by atoms with van der Waals surface area (Å²) in [5.41, 5.74) is 5.60. The molecule has 0 aromatic heterocycles. The van der Waals surface area contributed by atoms with E-state index in [1.165, 1.54) is 25.9 Å². The van der Waals surface area contributed by atoms with Crippen LogP contribution in [0.25, 0.3) is 0 Å². The number of hydrogen-bond donors (Lipinski definition) is 1. The standard InChI is InChI=1S/C15H31N3O/c1-15(2,12-16)10-14(19)18(4)9-7-13-6-5-8-17(3)11-13/h13H,5-12,16H2,1-4H3. The molecule has 0 radical (unpaired) electrons. The van der Waals surface area contributed by atoms with Gasteiger partial charge < -0.3 is 15.5 Å². The number of nitrogens with two attached hydrogens (primary N) is 1. The Labute approximate surface area is 118 Å². The van der Waals surface area contributed by atoms with Crippen LogP contribution in [0.1, 0.15) is 39.5 Å². The number of amides is 1. The SMILES string of the molecule is CN1CCCC(CCN(C)C(=O)CC(C)(C)CN)C1. The molecule has 1 amide bonds. The van der Waals surface area contributed by atoms with Crippen LogP contribution in [-0.2, 0) is 4.79 Å². The van der Waals surface area contributed by atoms with Crippen LogP contribution in [-0.4, -0.2) is 56.0 Å². The summed E-state index contributed by atoms with van der Waals surface area (Å²) in [6.45, 7) is 7.92. The number of nitrogens with zero attached hydrogens (tertiary/aromatic N) is 2. The van der Waals surface area contributed by atoms with E-state index >= 15 is 0 Å². The van der Waals surface area contributed by atoms with E-state index in [1.807, 2.05) is 11.9 Å². The fourth-order valence-electron chi connectivity index (χ4n) is 2.63. The number of likely N-dealkylation sites (tertiary alicyclic amines) is 1. The highest BCUT2D eigenvalue weighted by Gasteiger charge is 2.23. The van der Waals surface area contributed by atoms with Crippen molar-refractivity contribution in [3.63, 3.8) is 0 Å². The molecule has 1 heterocycles. The number of hydrogen-bond acceptors (Lipinski definition) is 3. The highest BCUT2D eigenvalue weighted by atomic mass is 16.2. The molecule has 0 aliphatic carbocycles. The van der Waals surface area contributed by atoms with Crippen LogP contribution < -0.4 is 5.73 Å². The quantitative estimate of drug-likeness (QED) is 0.796. The summed E-state index contributed by atoms with van der Waals surface area (Å²) in [5.74, 6) is 0.969. The van der Waals surface area contributed by atoms with E-state index in [9.17, 15) is 4.79 Å². The third-order valence-electron chi connectivity index (χ3n) is 4.20. The average molecular weight is 269 g/mol. The summed E-state index contributed by atoms with van der Waals surface area (Å²) in [6.07, 6.45) is 4.26. The average Bonchev–Trinajstić information content (AvgIpc) is 2.35. The highest BCUT2D eigenvalue weighted by molar-refractivity contribution is 5.76. The van der Waals surface area contributed by atoms with Crippen molar-refractivity contribution in [2.24, 2.45) is 17.1 Å². The molecule has 0 spiro atoms. The van der Waals surface area contributed by atoms with E-state index in [1.54, 1.807) is 0 Å². The molecular formula is C15H31N3O. The van der Waals surface area contributed by atoms with Gasteiger partial charge in [0.1, 0.15) is 0 Å². The van der Waals surface area contributed by atoms with Gasteiger partial charge in [-0.2, -0.15) is 0 Å². The first-order valence-corrected chi connectivity index (χ1v) is 7.46. The van der Waals surface area contributed by atoms with Gasteiger partial charge in [0.15, 0.2) is 0 Å². The van der Waals surface area contributed by atoms with E-state index in [-0.39, 0.29) is 11.3 Å². The van der Waals surface area contributed by atoms with E-state index < -0.39 is 0 Å². The predicted molar refractivity (Wildman–Crippen MR) is 79.9 cm³/mol. The summed E-state index contributed by atoms with van der Waals surface area (Å²) >= 11 is 0. The third kappa shape index (κ3) is 5.91. The van der Waals surface area contributed by atoms with Gasteiger partial charge in [0.2, 0.25) is 5.91 Å². The van der Waals surface area contributed by atoms with Crippen LogP contribution in [0.5, 0.6) is 0 Å². The fraction of sp³-hybridized carbons (Fsp3) is 0.933. The fourth-order valence-corrected chi connectivity index (χ4v) is 2.63. The Balaban J connectivity index is 2.30. The molecular weight excluding hydrogens is 238 g/mol. The minimum atomic E-state index is -0.0869. The van der Waals surface area contributed by atoms with Crippen molar-refractivity contribution in [3.8, 4) is 0 Å². The van der Waals surface area contributed by atoms with Crippen molar-refractivity contribution < 1.29 is 4.79 Å². The van der Waals surface area contributed by atoms with Gasteiger partial charge in [-0.25, -0.2) is 0 Å². The van der Waals surface area contributed by atoms with Crippen molar-refractivity contribution in [2.75, 3.05) is 40.3 Å². The van der Waals surface area contributed by atoms with Crippen LogP contribution in [0.4, 0.5) is 0 Å². The Morgan fingerprint density at radius 3 is 2.74 bits per heavy atom. The zero-order valence-electron chi connectivity index (χ0n) is 13.1. The summed E-state index contributed by atoms with van der Waals surface area (Å²) in [7, 11) is 4.10. The number of carbonyl (C=O) groups excluding carboxylic acids is 1. The van der Waals surface area contributed by atoms with Crippen LogP contribution in [0, 0.1) is 11.3 Å². The lowest BCUT2D eigenvalue weighted by Crippen LogP contribution is -2.37. The Morgan fingerprint density at radius 2 is 2.16 bits per heavy atom. The van der Waals surface area contributed by atoms with Gasteiger partial charge >= 0.3 is 0 Å². The second kappa shape index (κ2) is 7.25. The molecule has 2 N–H and O–H groups in total. The van der Waals surface area contributed by atoms with E-state index in [2.05, 4.69) is 25.8 Å². The Morgan fingerprint density at radius 1 is 1.47 bits per heavy atom. The molecule has 4 heteroatoms. The maximum atomic E-state index is 12.1. The number of piperidine rings is 1. The number of rotatable bonds is 6. The van der Waals surface area contributed by atoms with Crippen molar-refractivity contribution in [3.05, 3.63) is 0 Å². The second-order valence-electron chi connectivity index (χ2n) is 6.92. The van der Waals surface area contributed by atoms with E-state index in [4.69, 9.17) is 5.73 Å². The first kappa shape index (κ1) is 16.4. The molecule has 1 aliphatic heterocycles. The van der Waals surface area contributed by atoms with Gasteiger partial charge in [-0.1, -0.05) is 13.8 Å². The largest absolute Gasteiger partial charge is 0.346 e. The lowest BCUT2D eigenvalue weighted by molar-refractivity contribution is -0.132. The molecule has 4 nitrogen and oxygen atoms in total. The zero-order valence-corrected chi connectivity index (χ0v) is 13.1. The van der Waals surface area contributed by atoms with Crippen molar-refractivity contribution in [2.45, 2.75) is 39.5 Å². The molecule has 0 aromatic rings. The maximum absolute atomic E-state index is 12.1. The molecule has 1 fully saturated rings. The van der Waals surface area contributed by atoms with Crippen molar-refractivity contribution >= 4 is 5.91 Å². The Bertz CT molecular complexity index is 291. The molecule has 1 unspecified atom stereocenters. The first-order chi connectivity index (χ1) is 8.84. The van der Waals surface area contributed by atoms with Gasteiger partial charge in [0.25, 0.3) is 0 Å². The normalized spacial score (nSPS) is 21.4. The zero-order chi connectivity index (χ0) is 14.5. The molecule has 1 aliphatic rings. The summed E-state index contributed by atoms with van der Waals surface area (Å²) in [4.78, 5) is 16.4. The molecule has 19 heavy (non-hydrogen) atoms. The monoisotopic (exact) mass is 269 g/mol. The van der Waals surface area contributed by atoms with Crippen LogP contribution >= 0.6 is 0 Å². The summed E-state index contributed by atoms with van der Waals surface area (Å²) < 4.78 is 0. The van der Waals surface area contributed by atoms with Gasteiger partial charge in [0.05, 0.1) is 0 Å². The summed E-state index contributed by atoms with van der Waals surface area (Å²) in [5, 5.41) is 0. The van der Waals surface area contributed by atoms with Crippen molar-refractivity contribution in [1.82, 2.24) is 9.80 Å². The molecule has 1 atom stereocenters. The minimum absolute atomic E-state index is 0.0869. The molecule has 112 valence electrons. The second-order valence-corrected chi connectivity index (χ2v) is 6.92. The highest BCUT2D eigenvalue weighted by Crippen LogP contribution is 2.21. The van der Waals surface area contributed by atoms with Crippen LogP contribution in [0.3, 0.4) is 0 Å². The van der Waals surface area contributed by atoms with Gasteiger partial charge in [-0.15, -0.1) is 0 Å². The molecule has 0 bridgehead atoms. The first-order valence-electron chi connectivity index (χ1n) is 7.46. The van der Waals surface area contributed by atoms with E-state index in [0.717, 1.165) is 18.9 Å². The molecule has 1 saturated heterocycles. The van der Waals surface area contributed by atoms with Crippen molar-refractivity contribution in [1.29, 1.82) is 0 Å². The van der Waals surface area contributed by atoms with Gasteiger partial charge in [-0.3, -0.25) is 4.79 Å². The molecule has 0 saturated carbocycles.